The monoisotopic (exact) mass is 347 g/mol. The molecule has 0 heterocycles. The molecule has 1 aromatic rings. The Labute approximate surface area is 147 Å². The van der Waals surface area contributed by atoms with Crippen LogP contribution in [-0.4, -0.2) is 41.3 Å². The topological polar surface area (TPSA) is 116 Å². The summed E-state index contributed by atoms with van der Waals surface area (Å²) >= 11 is 0. The predicted octanol–water partition coefficient (Wildman–Crippen LogP) is 0.704. The van der Waals surface area contributed by atoms with Crippen LogP contribution >= 0.6 is 0 Å². The number of hydrogen-bond acceptors (Lipinski definition) is 5. The molecular formula is C18H25N3O4. The quantitative estimate of drug-likeness (QED) is 0.672. The highest BCUT2D eigenvalue weighted by Crippen LogP contribution is 2.24. The minimum absolute atomic E-state index is 0.0358. The molecule has 1 saturated carbocycles. The Hall–Kier alpha value is -2.41. The summed E-state index contributed by atoms with van der Waals surface area (Å²) < 4.78 is 5.15. The second-order valence-electron chi connectivity index (χ2n) is 6.33. The number of nitrogens with zero attached hydrogens (tertiary/aromatic N) is 1. The highest BCUT2D eigenvalue weighted by molar-refractivity contribution is 5.89. The van der Waals surface area contributed by atoms with Crippen molar-refractivity contribution >= 4 is 17.8 Å². The Morgan fingerprint density at radius 3 is 2.40 bits per heavy atom. The molecule has 1 aromatic carbocycles. The zero-order valence-corrected chi connectivity index (χ0v) is 14.2. The summed E-state index contributed by atoms with van der Waals surface area (Å²) in [7, 11) is 0. The van der Waals surface area contributed by atoms with Crippen LogP contribution in [0.15, 0.2) is 30.3 Å². The van der Waals surface area contributed by atoms with Crippen molar-refractivity contribution in [1.82, 2.24) is 4.90 Å². The fourth-order valence-electron chi connectivity index (χ4n) is 3.05. The first kappa shape index (κ1) is 18.9. The molecule has 136 valence electrons. The molecule has 1 fully saturated rings. The first-order chi connectivity index (χ1) is 12.0. The Balaban J connectivity index is 1.87. The third-order valence-corrected chi connectivity index (χ3v) is 4.32. The van der Waals surface area contributed by atoms with E-state index in [0.29, 0.717) is 0 Å². The minimum atomic E-state index is -1.04. The maximum Gasteiger partial charge on any atom is 0.308 e. The van der Waals surface area contributed by atoms with Crippen molar-refractivity contribution in [2.24, 2.45) is 11.5 Å². The van der Waals surface area contributed by atoms with E-state index in [9.17, 15) is 14.4 Å². The van der Waals surface area contributed by atoms with E-state index in [1.54, 1.807) is 0 Å². The summed E-state index contributed by atoms with van der Waals surface area (Å²) in [6.07, 6.45) is 3.42. The molecule has 1 atom stereocenters. The van der Waals surface area contributed by atoms with E-state index in [-0.39, 0.29) is 25.6 Å². The van der Waals surface area contributed by atoms with Crippen molar-refractivity contribution in [3.63, 3.8) is 0 Å². The first-order valence-electron chi connectivity index (χ1n) is 8.51. The van der Waals surface area contributed by atoms with Gasteiger partial charge in [0.25, 0.3) is 0 Å². The van der Waals surface area contributed by atoms with Crippen LogP contribution in [0.1, 0.15) is 37.7 Å². The van der Waals surface area contributed by atoms with Crippen molar-refractivity contribution in [2.75, 3.05) is 6.54 Å². The number of amides is 2. The predicted molar refractivity (Wildman–Crippen MR) is 92.0 cm³/mol. The fourth-order valence-corrected chi connectivity index (χ4v) is 3.05. The lowest BCUT2D eigenvalue weighted by Gasteiger charge is -2.30. The molecule has 1 aliphatic rings. The summed E-state index contributed by atoms with van der Waals surface area (Å²) in [5, 5.41) is 0. The summed E-state index contributed by atoms with van der Waals surface area (Å²) in [6, 6.07) is 8.18. The Morgan fingerprint density at radius 2 is 1.80 bits per heavy atom. The van der Waals surface area contributed by atoms with Crippen LogP contribution in [0.4, 0.5) is 0 Å². The molecule has 4 N–H and O–H groups in total. The summed E-state index contributed by atoms with van der Waals surface area (Å²) in [5.74, 6) is -1.56. The highest BCUT2D eigenvalue weighted by atomic mass is 16.5. The van der Waals surface area contributed by atoms with Gasteiger partial charge in [0.2, 0.25) is 11.8 Å². The zero-order valence-electron chi connectivity index (χ0n) is 14.2. The Bertz CT molecular complexity index is 600. The molecule has 7 nitrogen and oxygen atoms in total. The van der Waals surface area contributed by atoms with Gasteiger partial charge in [-0.25, -0.2) is 0 Å². The SMILES string of the molecule is NC(=O)CN(C(=O)[C@@H](N)CC(=O)OCc1ccccc1)C1CCCC1. The van der Waals surface area contributed by atoms with E-state index >= 15 is 0 Å². The van der Waals surface area contributed by atoms with E-state index in [0.717, 1.165) is 31.2 Å². The molecule has 2 rings (SSSR count). The number of carbonyl (C=O) groups excluding carboxylic acids is 3. The van der Waals surface area contributed by atoms with Crippen LogP contribution in [0.5, 0.6) is 0 Å². The number of hydrogen-bond donors (Lipinski definition) is 2. The van der Waals surface area contributed by atoms with Gasteiger partial charge in [0, 0.05) is 6.04 Å². The lowest BCUT2D eigenvalue weighted by Crippen LogP contribution is -2.51. The van der Waals surface area contributed by atoms with Crippen molar-refractivity contribution in [3.8, 4) is 0 Å². The van der Waals surface area contributed by atoms with Crippen molar-refractivity contribution in [3.05, 3.63) is 35.9 Å². The molecule has 7 heteroatoms. The average molecular weight is 347 g/mol. The van der Waals surface area contributed by atoms with E-state index in [1.165, 1.54) is 4.90 Å². The second kappa shape index (κ2) is 9.17. The molecule has 0 aliphatic heterocycles. The maximum absolute atomic E-state index is 12.6. The van der Waals surface area contributed by atoms with Crippen LogP contribution in [0.25, 0.3) is 0 Å². The lowest BCUT2D eigenvalue weighted by molar-refractivity contribution is -0.148. The van der Waals surface area contributed by atoms with Gasteiger partial charge in [-0.1, -0.05) is 43.2 Å². The average Bonchev–Trinajstić information content (AvgIpc) is 3.12. The number of benzene rings is 1. The Morgan fingerprint density at radius 1 is 1.16 bits per heavy atom. The van der Waals surface area contributed by atoms with E-state index in [2.05, 4.69) is 0 Å². The normalized spacial score (nSPS) is 15.6. The van der Waals surface area contributed by atoms with Crippen LogP contribution in [-0.2, 0) is 25.7 Å². The maximum atomic E-state index is 12.6. The Kier molecular flexibility index (Phi) is 6.94. The number of primary amides is 1. The molecule has 0 spiro atoms. The molecule has 0 bridgehead atoms. The molecular weight excluding hydrogens is 322 g/mol. The zero-order chi connectivity index (χ0) is 18.2. The second-order valence-corrected chi connectivity index (χ2v) is 6.33. The van der Waals surface area contributed by atoms with Gasteiger partial charge < -0.3 is 21.1 Å². The third-order valence-electron chi connectivity index (χ3n) is 4.32. The van der Waals surface area contributed by atoms with Crippen molar-refractivity contribution in [2.45, 2.75) is 50.8 Å². The van der Waals surface area contributed by atoms with Gasteiger partial charge in [0.15, 0.2) is 0 Å². The molecule has 0 unspecified atom stereocenters. The number of ether oxygens (including phenoxy) is 1. The van der Waals surface area contributed by atoms with Gasteiger partial charge in [-0.15, -0.1) is 0 Å². The molecule has 1 aliphatic carbocycles. The number of rotatable bonds is 8. The third kappa shape index (κ3) is 5.86. The molecule has 25 heavy (non-hydrogen) atoms. The molecule has 0 aromatic heterocycles. The van der Waals surface area contributed by atoms with Gasteiger partial charge in [-0.05, 0) is 18.4 Å². The van der Waals surface area contributed by atoms with Crippen LogP contribution in [0, 0.1) is 0 Å². The molecule has 0 saturated heterocycles. The minimum Gasteiger partial charge on any atom is -0.461 e. The highest BCUT2D eigenvalue weighted by Gasteiger charge is 2.31. The van der Waals surface area contributed by atoms with E-state index in [1.807, 2.05) is 30.3 Å². The van der Waals surface area contributed by atoms with E-state index < -0.39 is 23.8 Å². The summed E-state index contributed by atoms with van der Waals surface area (Å²) in [4.78, 5) is 37.2. The largest absolute Gasteiger partial charge is 0.461 e. The van der Waals surface area contributed by atoms with Crippen molar-refractivity contribution in [1.29, 1.82) is 0 Å². The summed E-state index contributed by atoms with van der Waals surface area (Å²) in [5.41, 5.74) is 12.0. The molecule has 2 amide bonds. The number of esters is 1. The van der Waals surface area contributed by atoms with Gasteiger partial charge in [0.05, 0.1) is 19.0 Å². The van der Waals surface area contributed by atoms with Crippen LogP contribution in [0.3, 0.4) is 0 Å². The van der Waals surface area contributed by atoms with Gasteiger partial charge in [-0.2, -0.15) is 0 Å². The van der Waals surface area contributed by atoms with Gasteiger partial charge in [0.1, 0.15) is 6.61 Å². The summed E-state index contributed by atoms with van der Waals surface area (Å²) in [6.45, 7) is -0.0372. The molecule has 0 radical (unpaired) electrons. The number of carbonyl (C=O) groups is 3. The van der Waals surface area contributed by atoms with Gasteiger partial charge in [-0.3, -0.25) is 14.4 Å². The standard InChI is InChI=1S/C18H25N3O4/c19-15(10-17(23)25-12-13-6-2-1-3-7-13)18(24)21(11-16(20)22)14-8-4-5-9-14/h1-3,6-7,14-15H,4-5,8-12,19H2,(H2,20,22)/t15-/m0/s1. The van der Waals surface area contributed by atoms with Crippen LogP contribution < -0.4 is 11.5 Å². The van der Waals surface area contributed by atoms with E-state index in [4.69, 9.17) is 16.2 Å². The number of nitrogens with two attached hydrogens (primary N) is 2. The smallest absolute Gasteiger partial charge is 0.308 e. The van der Waals surface area contributed by atoms with Crippen molar-refractivity contribution < 1.29 is 19.1 Å². The fraction of sp³-hybridized carbons (Fsp3) is 0.500. The van der Waals surface area contributed by atoms with Crippen LogP contribution in [0.2, 0.25) is 0 Å². The van der Waals surface area contributed by atoms with Gasteiger partial charge >= 0.3 is 5.97 Å². The lowest BCUT2D eigenvalue weighted by atomic mass is 10.1. The first-order valence-corrected chi connectivity index (χ1v) is 8.51.